The SMILES string of the molecule is CCCCCCCC(C)(C)[SiH3]. The average molecular weight is 172 g/mol. The van der Waals surface area contributed by atoms with E-state index in [0.717, 1.165) is 0 Å². The summed E-state index contributed by atoms with van der Waals surface area (Å²) in [5.74, 6) is 0. The molecule has 11 heavy (non-hydrogen) atoms. The molecule has 0 spiro atoms. The fraction of sp³-hybridized carbons (Fsp3) is 1.00. The smallest absolute Gasteiger partial charge is 0.00994 e. The highest BCUT2D eigenvalue weighted by atomic mass is 28.1. The van der Waals surface area contributed by atoms with Crippen LogP contribution in [-0.2, 0) is 0 Å². The van der Waals surface area contributed by atoms with Crippen molar-refractivity contribution in [1.29, 1.82) is 0 Å². The lowest BCUT2D eigenvalue weighted by Gasteiger charge is -2.17. The van der Waals surface area contributed by atoms with Crippen molar-refractivity contribution in [3.05, 3.63) is 0 Å². The Hall–Kier alpha value is 0.217. The van der Waals surface area contributed by atoms with E-state index in [1.807, 2.05) is 0 Å². The third-order valence-electron chi connectivity index (χ3n) is 2.03. The van der Waals surface area contributed by atoms with Crippen LogP contribution in [-0.4, -0.2) is 10.2 Å². The fourth-order valence-corrected chi connectivity index (χ4v) is 1.61. The van der Waals surface area contributed by atoms with Crippen LogP contribution in [0.15, 0.2) is 0 Å². The van der Waals surface area contributed by atoms with Gasteiger partial charge >= 0.3 is 0 Å². The lowest BCUT2D eigenvalue weighted by molar-refractivity contribution is 0.534. The maximum atomic E-state index is 2.39. The first-order valence-corrected chi connectivity index (χ1v) is 6.06. The Morgan fingerprint density at radius 3 is 2.00 bits per heavy atom. The number of unbranched alkanes of at least 4 members (excludes halogenated alkanes) is 4. The minimum atomic E-state index is 0.687. The molecule has 0 bridgehead atoms. The van der Waals surface area contributed by atoms with Crippen LogP contribution >= 0.6 is 0 Å². The first-order valence-electron chi connectivity index (χ1n) is 5.06. The molecule has 68 valence electrons. The molecule has 0 nitrogen and oxygen atoms in total. The van der Waals surface area contributed by atoms with E-state index >= 15 is 0 Å². The summed E-state index contributed by atoms with van der Waals surface area (Å²) in [4.78, 5) is 0. The number of hydrogen-bond acceptors (Lipinski definition) is 0. The van der Waals surface area contributed by atoms with E-state index < -0.39 is 0 Å². The normalized spacial score (nSPS) is 12.3. The molecular formula is C10H24Si. The van der Waals surface area contributed by atoms with Gasteiger partial charge in [0.05, 0.1) is 0 Å². The van der Waals surface area contributed by atoms with Gasteiger partial charge in [0.15, 0.2) is 0 Å². The molecule has 0 unspecified atom stereocenters. The van der Waals surface area contributed by atoms with E-state index in [9.17, 15) is 0 Å². The van der Waals surface area contributed by atoms with Gasteiger partial charge in [-0.25, -0.2) is 0 Å². The first kappa shape index (κ1) is 11.2. The second kappa shape index (κ2) is 5.82. The molecule has 0 amide bonds. The van der Waals surface area contributed by atoms with Crippen LogP contribution in [0.1, 0.15) is 59.3 Å². The van der Waals surface area contributed by atoms with Gasteiger partial charge in [-0.2, -0.15) is 0 Å². The predicted molar refractivity (Wildman–Crippen MR) is 57.4 cm³/mol. The van der Waals surface area contributed by atoms with Crippen molar-refractivity contribution < 1.29 is 0 Å². The van der Waals surface area contributed by atoms with E-state index in [2.05, 4.69) is 20.8 Å². The summed E-state index contributed by atoms with van der Waals surface area (Å²) in [7, 11) is 1.35. The second-order valence-electron chi connectivity index (χ2n) is 4.72. The van der Waals surface area contributed by atoms with Crippen molar-refractivity contribution in [2.24, 2.45) is 0 Å². The maximum absolute atomic E-state index is 2.39. The largest absolute Gasteiger partial charge is 0.0654 e. The Balaban J connectivity index is 3.02. The Morgan fingerprint density at radius 2 is 1.55 bits per heavy atom. The van der Waals surface area contributed by atoms with Gasteiger partial charge in [0.1, 0.15) is 0 Å². The molecule has 0 aliphatic heterocycles. The van der Waals surface area contributed by atoms with Crippen LogP contribution < -0.4 is 0 Å². The van der Waals surface area contributed by atoms with Gasteiger partial charge in [-0.1, -0.05) is 59.3 Å². The fourth-order valence-electron chi connectivity index (χ4n) is 1.26. The number of rotatable bonds is 6. The summed E-state index contributed by atoms with van der Waals surface area (Å²) < 4.78 is 0. The highest BCUT2D eigenvalue weighted by molar-refractivity contribution is 6.14. The predicted octanol–water partition coefficient (Wildman–Crippen LogP) is 2.91. The molecule has 0 aromatic carbocycles. The van der Waals surface area contributed by atoms with Crippen LogP contribution in [0, 0.1) is 0 Å². The molecule has 0 aliphatic rings. The van der Waals surface area contributed by atoms with Crippen molar-refractivity contribution in [3.8, 4) is 0 Å². The summed E-state index contributed by atoms with van der Waals surface area (Å²) in [6.45, 7) is 7.05. The zero-order valence-electron chi connectivity index (χ0n) is 8.74. The van der Waals surface area contributed by atoms with E-state index in [1.54, 1.807) is 0 Å². The zero-order valence-corrected chi connectivity index (χ0v) is 10.7. The van der Waals surface area contributed by atoms with Crippen LogP contribution in [0.25, 0.3) is 0 Å². The third-order valence-corrected chi connectivity index (χ3v) is 2.53. The van der Waals surface area contributed by atoms with Gasteiger partial charge in [-0.15, -0.1) is 0 Å². The van der Waals surface area contributed by atoms with Crippen LogP contribution in [0.4, 0.5) is 0 Å². The lowest BCUT2D eigenvalue weighted by atomic mass is 10.0. The molecule has 0 atom stereocenters. The van der Waals surface area contributed by atoms with Gasteiger partial charge in [-0.05, 0) is 5.04 Å². The van der Waals surface area contributed by atoms with Crippen molar-refractivity contribution >= 4 is 10.2 Å². The Bertz CT molecular complexity index is 81.4. The van der Waals surface area contributed by atoms with Crippen molar-refractivity contribution in [2.45, 2.75) is 64.3 Å². The van der Waals surface area contributed by atoms with Crippen molar-refractivity contribution in [2.75, 3.05) is 0 Å². The molecule has 0 aromatic rings. The Labute approximate surface area is 75.2 Å². The van der Waals surface area contributed by atoms with Gasteiger partial charge in [0, 0.05) is 10.2 Å². The average Bonchev–Trinajstić information content (AvgIpc) is 1.85. The van der Waals surface area contributed by atoms with Crippen LogP contribution in [0.2, 0.25) is 5.04 Å². The van der Waals surface area contributed by atoms with E-state index in [0.29, 0.717) is 5.04 Å². The van der Waals surface area contributed by atoms with E-state index in [-0.39, 0.29) is 0 Å². The molecule has 1 heteroatoms. The molecular weight excluding hydrogens is 148 g/mol. The lowest BCUT2D eigenvalue weighted by Crippen LogP contribution is -2.01. The summed E-state index contributed by atoms with van der Waals surface area (Å²) in [5.41, 5.74) is 0. The maximum Gasteiger partial charge on any atom is 0.00994 e. The van der Waals surface area contributed by atoms with Crippen LogP contribution in [0.3, 0.4) is 0 Å². The summed E-state index contributed by atoms with van der Waals surface area (Å²) >= 11 is 0. The Kier molecular flexibility index (Phi) is 5.93. The van der Waals surface area contributed by atoms with Gasteiger partial charge in [0.2, 0.25) is 0 Å². The quantitative estimate of drug-likeness (QED) is 0.427. The molecule has 0 N–H and O–H groups in total. The van der Waals surface area contributed by atoms with Crippen LogP contribution in [0.5, 0.6) is 0 Å². The molecule has 0 fully saturated rings. The highest BCUT2D eigenvalue weighted by Gasteiger charge is 2.08. The number of hydrogen-bond donors (Lipinski definition) is 0. The molecule has 0 aromatic heterocycles. The molecule has 0 saturated carbocycles. The van der Waals surface area contributed by atoms with Crippen molar-refractivity contribution in [1.82, 2.24) is 0 Å². The monoisotopic (exact) mass is 172 g/mol. The topological polar surface area (TPSA) is 0 Å². The van der Waals surface area contributed by atoms with E-state index in [4.69, 9.17) is 0 Å². The minimum Gasteiger partial charge on any atom is -0.0654 e. The standard InChI is InChI=1S/C10H24Si/c1-4-5-6-7-8-9-10(2,3)11/h4-9H2,1-3,11H3. The van der Waals surface area contributed by atoms with Crippen molar-refractivity contribution in [3.63, 3.8) is 0 Å². The molecule has 0 aliphatic carbocycles. The third kappa shape index (κ3) is 10.2. The van der Waals surface area contributed by atoms with Gasteiger partial charge in [-0.3, -0.25) is 0 Å². The first-order chi connectivity index (χ1) is 5.06. The summed E-state index contributed by atoms with van der Waals surface area (Å²) in [6.07, 6.45) is 8.61. The molecule has 0 rings (SSSR count). The highest BCUT2D eigenvalue weighted by Crippen LogP contribution is 2.26. The Morgan fingerprint density at radius 1 is 1.00 bits per heavy atom. The minimum absolute atomic E-state index is 0.687. The summed E-state index contributed by atoms with van der Waals surface area (Å²) in [5, 5.41) is 0.687. The van der Waals surface area contributed by atoms with Gasteiger partial charge < -0.3 is 0 Å². The summed E-state index contributed by atoms with van der Waals surface area (Å²) in [6, 6.07) is 0. The molecule has 0 heterocycles. The van der Waals surface area contributed by atoms with E-state index in [1.165, 1.54) is 48.8 Å². The van der Waals surface area contributed by atoms with Gasteiger partial charge in [0.25, 0.3) is 0 Å². The molecule has 0 saturated heterocycles. The second-order valence-corrected chi connectivity index (χ2v) is 7.43. The molecule has 0 radical (unpaired) electrons. The zero-order chi connectivity index (χ0) is 8.74.